The van der Waals surface area contributed by atoms with E-state index < -0.39 is 0 Å². The van der Waals surface area contributed by atoms with Gasteiger partial charge in [-0.3, -0.25) is 0 Å². The van der Waals surface area contributed by atoms with Gasteiger partial charge in [0.15, 0.2) is 5.82 Å². The third-order valence-electron chi connectivity index (χ3n) is 2.60. The van der Waals surface area contributed by atoms with Crippen molar-refractivity contribution in [1.29, 1.82) is 5.26 Å². The molecule has 0 bridgehead atoms. The van der Waals surface area contributed by atoms with Crippen LogP contribution in [-0.4, -0.2) is 21.0 Å². The van der Waals surface area contributed by atoms with Gasteiger partial charge < -0.3 is 9.88 Å². The zero-order valence-electron chi connectivity index (χ0n) is 10.2. The minimum atomic E-state index is 0.545. The lowest BCUT2D eigenvalue weighted by atomic mass is 10.2. The van der Waals surface area contributed by atoms with Gasteiger partial charge in [0.05, 0.1) is 17.8 Å². The van der Waals surface area contributed by atoms with E-state index in [0.717, 1.165) is 16.4 Å². The van der Waals surface area contributed by atoms with E-state index in [0.29, 0.717) is 12.1 Å². The van der Waals surface area contributed by atoms with Crippen molar-refractivity contribution in [3.05, 3.63) is 35.9 Å². The van der Waals surface area contributed by atoms with Gasteiger partial charge in [-0.1, -0.05) is 6.07 Å². The summed E-state index contributed by atoms with van der Waals surface area (Å²) in [7, 11) is 1.89. The first-order valence-corrected chi connectivity index (χ1v) is 6.62. The average Bonchev–Trinajstić information content (AvgIpc) is 2.81. The molecular weight excluding hydrogens is 246 g/mol. The lowest BCUT2D eigenvalue weighted by Crippen LogP contribution is -2.07. The number of benzene rings is 1. The van der Waals surface area contributed by atoms with Crippen LogP contribution in [0.25, 0.3) is 0 Å². The minimum absolute atomic E-state index is 0.545. The van der Waals surface area contributed by atoms with Gasteiger partial charge in [0.25, 0.3) is 0 Å². The first-order chi connectivity index (χ1) is 8.76. The molecule has 2 aromatic rings. The average molecular weight is 259 g/mol. The summed E-state index contributed by atoms with van der Waals surface area (Å²) in [4.78, 5) is 0.973. The second-order valence-electron chi connectivity index (χ2n) is 3.71. The molecule has 1 aromatic heterocycles. The molecule has 1 N–H and O–H groups in total. The van der Waals surface area contributed by atoms with Gasteiger partial charge in [0.1, 0.15) is 12.4 Å². The van der Waals surface area contributed by atoms with Crippen molar-refractivity contribution in [1.82, 2.24) is 14.8 Å². The molecule has 0 fully saturated rings. The summed E-state index contributed by atoms with van der Waals surface area (Å²) in [6.07, 6.45) is 3.61. The number of anilines is 1. The molecule has 0 unspecified atom stereocenters. The van der Waals surface area contributed by atoms with Crippen LogP contribution >= 0.6 is 11.8 Å². The van der Waals surface area contributed by atoms with E-state index in [9.17, 15) is 5.26 Å². The fraction of sp³-hybridized carbons (Fsp3) is 0.250. The number of hydrogen-bond donors (Lipinski definition) is 1. The molecule has 0 radical (unpaired) electrons. The zero-order chi connectivity index (χ0) is 13.0. The van der Waals surface area contributed by atoms with Crippen molar-refractivity contribution in [2.24, 2.45) is 7.05 Å². The number of rotatable bonds is 4. The standard InChI is InChI=1S/C12H13N5S/c1-17-8-15-16-12(17)7-14-10-4-3-5-11(18-2)9(10)6-13/h3-5,8,14H,7H2,1-2H3. The molecule has 0 spiro atoms. The van der Waals surface area contributed by atoms with E-state index in [1.165, 1.54) is 0 Å². The molecule has 6 heteroatoms. The number of nitrogens with zero attached hydrogens (tertiary/aromatic N) is 4. The summed E-state index contributed by atoms with van der Waals surface area (Å²) >= 11 is 1.56. The summed E-state index contributed by atoms with van der Waals surface area (Å²) in [6.45, 7) is 0.545. The van der Waals surface area contributed by atoms with Crippen LogP contribution in [0.2, 0.25) is 0 Å². The van der Waals surface area contributed by atoms with Crippen molar-refractivity contribution >= 4 is 17.4 Å². The molecular formula is C12H13N5S. The van der Waals surface area contributed by atoms with Crippen molar-refractivity contribution < 1.29 is 0 Å². The van der Waals surface area contributed by atoms with Crippen LogP contribution in [0.15, 0.2) is 29.4 Å². The Labute approximate surface area is 110 Å². The van der Waals surface area contributed by atoms with Crippen molar-refractivity contribution in [2.75, 3.05) is 11.6 Å². The predicted octanol–water partition coefficient (Wildman–Crippen LogP) is 2.02. The van der Waals surface area contributed by atoms with E-state index in [1.807, 2.05) is 36.1 Å². The van der Waals surface area contributed by atoms with Crippen LogP contribution < -0.4 is 5.32 Å². The van der Waals surface area contributed by atoms with Crippen LogP contribution in [0.5, 0.6) is 0 Å². The monoisotopic (exact) mass is 259 g/mol. The molecule has 1 heterocycles. The molecule has 1 aromatic carbocycles. The maximum Gasteiger partial charge on any atom is 0.151 e. The molecule has 0 aliphatic carbocycles. The Bertz CT molecular complexity index is 584. The Hall–Kier alpha value is -2.00. The lowest BCUT2D eigenvalue weighted by Gasteiger charge is -2.09. The van der Waals surface area contributed by atoms with E-state index in [1.54, 1.807) is 18.1 Å². The topological polar surface area (TPSA) is 66.5 Å². The first kappa shape index (κ1) is 12.5. The van der Waals surface area contributed by atoms with Crippen LogP contribution in [-0.2, 0) is 13.6 Å². The molecule has 18 heavy (non-hydrogen) atoms. The summed E-state index contributed by atoms with van der Waals surface area (Å²) < 4.78 is 1.84. The first-order valence-electron chi connectivity index (χ1n) is 5.40. The molecule has 0 amide bonds. The molecule has 0 aliphatic rings. The quantitative estimate of drug-likeness (QED) is 0.851. The molecule has 0 saturated carbocycles. The minimum Gasteiger partial charge on any atom is -0.377 e. The lowest BCUT2D eigenvalue weighted by molar-refractivity contribution is 0.812. The maximum absolute atomic E-state index is 9.21. The Morgan fingerprint density at radius 2 is 2.33 bits per heavy atom. The normalized spacial score (nSPS) is 10.1. The molecule has 5 nitrogen and oxygen atoms in total. The fourth-order valence-electron chi connectivity index (χ4n) is 1.61. The largest absolute Gasteiger partial charge is 0.377 e. The number of aryl methyl sites for hydroxylation is 1. The maximum atomic E-state index is 9.21. The SMILES string of the molecule is CSc1cccc(NCc2nncn2C)c1C#N. The van der Waals surface area contributed by atoms with Crippen LogP contribution in [0.4, 0.5) is 5.69 Å². The molecule has 0 atom stereocenters. The van der Waals surface area contributed by atoms with E-state index in [2.05, 4.69) is 21.6 Å². The van der Waals surface area contributed by atoms with Gasteiger partial charge in [-0.15, -0.1) is 22.0 Å². The highest BCUT2D eigenvalue weighted by Crippen LogP contribution is 2.26. The van der Waals surface area contributed by atoms with Crippen LogP contribution in [0.1, 0.15) is 11.4 Å². The number of aromatic nitrogens is 3. The highest BCUT2D eigenvalue weighted by molar-refractivity contribution is 7.98. The fourth-order valence-corrected chi connectivity index (χ4v) is 2.18. The molecule has 92 valence electrons. The zero-order valence-corrected chi connectivity index (χ0v) is 11.0. The molecule has 0 saturated heterocycles. The highest BCUT2D eigenvalue weighted by Gasteiger charge is 2.08. The third kappa shape index (κ3) is 2.46. The van der Waals surface area contributed by atoms with Gasteiger partial charge in [-0.2, -0.15) is 5.26 Å². The number of thioether (sulfide) groups is 1. The number of nitrogens with one attached hydrogen (secondary N) is 1. The van der Waals surface area contributed by atoms with Gasteiger partial charge in [-0.25, -0.2) is 0 Å². The second-order valence-corrected chi connectivity index (χ2v) is 4.55. The Morgan fingerprint density at radius 1 is 1.50 bits per heavy atom. The Kier molecular flexibility index (Phi) is 3.85. The smallest absolute Gasteiger partial charge is 0.151 e. The van der Waals surface area contributed by atoms with Gasteiger partial charge in [0.2, 0.25) is 0 Å². The van der Waals surface area contributed by atoms with E-state index >= 15 is 0 Å². The summed E-state index contributed by atoms with van der Waals surface area (Å²) in [5, 5.41) is 20.2. The number of hydrogen-bond acceptors (Lipinski definition) is 5. The van der Waals surface area contributed by atoms with Crippen molar-refractivity contribution in [3.8, 4) is 6.07 Å². The third-order valence-corrected chi connectivity index (χ3v) is 3.38. The van der Waals surface area contributed by atoms with Crippen molar-refractivity contribution in [2.45, 2.75) is 11.4 Å². The Morgan fingerprint density at radius 3 is 2.94 bits per heavy atom. The number of nitriles is 1. The molecule has 2 rings (SSSR count). The van der Waals surface area contributed by atoms with Gasteiger partial charge in [0, 0.05) is 11.9 Å². The van der Waals surface area contributed by atoms with Crippen LogP contribution in [0, 0.1) is 11.3 Å². The predicted molar refractivity (Wildman–Crippen MR) is 71.3 cm³/mol. The van der Waals surface area contributed by atoms with Crippen molar-refractivity contribution in [3.63, 3.8) is 0 Å². The van der Waals surface area contributed by atoms with E-state index in [-0.39, 0.29) is 0 Å². The highest BCUT2D eigenvalue weighted by atomic mass is 32.2. The summed E-state index contributed by atoms with van der Waals surface area (Å²) in [6, 6.07) is 8.01. The van der Waals surface area contributed by atoms with Gasteiger partial charge >= 0.3 is 0 Å². The van der Waals surface area contributed by atoms with Crippen LogP contribution in [0.3, 0.4) is 0 Å². The Balaban J connectivity index is 2.20. The van der Waals surface area contributed by atoms with Gasteiger partial charge in [-0.05, 0) is 18.4 Å². The summed E-state index contributed by atoms with van der Waals surface area (Å²) in [5.74, 6) is 0.827. The second kappa shape index (κ2) is 5.56. The summed E-state index contributed by atoms with van der Waals surface area (Å²) in [5.41, 5.74) is 1.50. The molecule has 0 aliphatic heterocycles. The van der Waals surface area contributed by atoms with E-state index in [4.69, 9.17) is 0 Å².